The van der Waals surface area contributed by atoms with Crippen LogP contribution in [0.4, 0.5) is 0 Å². The number of esters is 1. The molecule has 0 aromatic carbocycles. The molecule has 0 N–H and O–H groups in total. The normalized spacial score (nSPS) is 16.1. The Morgan fingerprint density at radius 2 is 1.79 bits per heavy atom. The molecule has 0 spiro atoms. The van der Waals surface area contributed by atoms with Gasteiger partial charge in [0.05, 0.1) is 6.10 Å². The fourth-order valence-corrected chi connectivity index (χ4v) is 4.15. The summed E-state index contributed by atoms with van der Waals surface area (Å²) >= 11 is 0. The number of rotatable bonds is 14. The summed E-state index contributed by atoms with van der Waals surface area (Å²) in [5, 5.41) is 0.102. The predicted molar refractivity (Wildman–Crippen MR) is 126 cm³/mol. The van der Waals surface area contributed by atoms with Gasteiger partial charge in [-0.15, -0.1) is 13.2 Å². The van der Waals surface area contributed by atoms with Gasteiger partial charge in [-0.05, 0) is 49.9 Å². The van der Waals surface area contributed by atoms with Crippen LogP contribution in [-0.2, 0) is 18.7 Å². The highest BCUT2D eigenvalue weighted by atomic mass is 28.4. The number of methoxy groups -OCH3 is 1. The summed E-state index contributed by atoms with van der Waals surface area (Å²) in [7, 11) is -0.299. The first-order valence-corrected chi connectivity index (χ1v) is 13.6. The van der Waals surface area contributed by atoms with Gasteiger partial charge in [-0.3, -0.25) is 4.79 Å². The molecule has 0 saturated carbocycles. The van der Waals surface area contributed by atoms with Gasteiger partial charge in [0.15, 0.2) is 8.32 Å². The van der Waals surface area contributed by atoms with E-state index in [9.17, 15) is 4.79 Å². The fraction of sp³-hybridized carbons (Fsp3) is 0.708. The summed E-state index contributed by atoms with van der Waals surface area (Å²) in [5.41, 5.74) is 1.01. The minimum Gasteiger partial charge on any atom is -0.461 e. The molecule has 0 heterocycles. The monoisotopic (exact) mass is 424 g/mol. The Labute approximate surface area is 180 Å². The summed E-state index contributed by atoms with van der Waals surface area (Å²) in [6.45, 7) is 23.2. The van der Waals surface area contributed by atoms with Crippen LogP contribution in [0.2, 0.25) is 18.1 Å². The molecule has 0 aromatic heterocycles. The SMILES string of the molecule is C=CCCCCC(=O)OC/C(C)=C\[C@@H](C)[C@H](O[Si](C)(C)C(C)(C)C)[C@H](C=C)OC. The number of carbonyl (C=O) groups is 1. The van der Waals surface area contributed by atoms with Gasteiger partial charge in [0.2, 0.25) is 0 Å². The zero-order chi connectivity index (χ0) is 22.7. The second kappa shape index (κ2) is 13.2. The van der Waals surface area contributed by atoms with Gasteiger partial charge in [-0.2, -0.15) is 0 Å². The molecular formula is C24H44O4Si. The number of carbonyl (C=O) groups excluding carboxylic acids is 1. The first kappa shape index (κ1) is 27.8. The molecule has 168 valence electrons. The van der Waals surface area contributed by atoms with Crippen molar-refractivity contribution in [1.82, 2.24) is 0 Å². The highest BCUT2D eigenvalue weighted by molar-refractivity contribution is 6.74. The average molecular weight is 425 g/mol. The van der Waals surface area contributed by atoms with Crippen molar-refractivity contribution in [1.29, 1.82) is 0 Å². The van der Waals surface area contributed by atoms with Crippen molar-refractivity contribution in [2.45, 2.75) is 90.6 Å². The predicted octanol–water partition coefficient (Wildman–Crippen LogP) is 6.45. The zero-order valence-electron chi connectivity index (χ0n) is 20.0. The topological polar surface area (TPSA) is 44.8 Å². The molecule has 0 fully saturated rings. The third-order valence-corrected chi connectivity index (χ3v) is 10.1. The van der Waals surface area contributed by atoms with E-state index in [2.05, 4.69) is 60.0 Å². The van der Waals surface area contributed by atoms with E-state index >= 15 is 0 Å². The Balaban J connectivity index is 5.05. The van der Waals surface area contributed by atoms with Crippen molar-refractivity contribution >= 4 is 14.3 Å². The van der Waals surface area contributed by atoms with Gasteiger partial charge in [0.25, 0.3) is 0 Å². The maximum Gasteiger partial charge on any atom is 0.306 e. The van der Waals surface area contributed by atoms with Crippen molar-refractivity contribution in [3.05, 3.63) is 37.0 Å². The lowest BCUT2D eigenvalue weighted by Crippen LogP contribution is -2.49. The summed E-state index contributed by atoms with van der Waals surface area (Å²) in [6.07, 6.45) is 8.66. The lowest BCUT2D eigenvalue weighted by molar-refractivity contribution is -0.142. The van der Waals surface area contributed by atoms with Crippen LogP contribution in [0.25, 0.3) is 0 Å². The van der Waals surface area contributed by atoms with Gasteiger partial charge in [-0.25, -0.2) is 0 Å². The van der Waals surface area contributed by atoms with Crippen molar-refractivity contribution in [2.75, 3.05) is 13.7 Å². The molecule has 4 nitrogen and oxygen atoms in total. The van der Waals surface area contributed by atoms with Crippen molar-refractivity contribution < 1.29 is 18.7 Å². The number of allylic oxidation sites excluding steroid dienone is 1. The maximum absolute atomic E-state index is 11.9. The molecule has 0 radical (unpaired) electrons. The van der Waals surface area contributed by atoms with E-state index < -0.39 is 8.32 Å². The average Bonchev–Trinajstić information content (AvgIpc) is 2.62. The highest BCUT2D eigenvalue weighted by Gasteiger charge is 2.41. The molecule has 0 unspecified atom stereocenters. The Morgan fingerprint density at radius 3 is 2.28 bits per heavy atom. The summed E-state index contributed by atoms with van der Waals surface area (Å²) in [5.74, 6) is -0.0530. The lowest BCUT2D eigenvalue weighted by Gasteiger charge is -2.42. The molecule has 0 aromatic rings. The van der Waals surface area contributed by atoms with Crippen molar-refractivity contribution in [2.24, 2.45) is 5.92 Å². The second-order valence-electron chi connectivity index (χ2n) is 9.35. The third-order valence-electron chi connectivity index (χ3n) is 5.63. The van der Waals surface area contributed by atoms with Crippen molar-refractivity contribution in [3.8, 4) is 0 Å². The smallest absolute Gasteiger partial charge is 0.306 e. The quantitative estimate of drug-likeness (QED) is 0.139. The lowest BCUT2D eigenvalue weighted by atomic mass is 9.97. The van der Waals surface area contributed by atoms with Crippen LogP contribution >= 0.6 is 0 Å². The molecule has 29 heavy (non-hydrogen) atoms. The minimum atomic E-state index is -1.98. The van der Waals surface area contributed by atoms with Gasteiger partial charge in [0.1, 0.15) is 12.7 Å². The number of ether oxygens (including phenoxy) is 2. The molecule has 0 aliphatic carbocycles. The van der Waals surface area contributed by atoms with Crippen LogP contribution in [-0.4, -0.2) is 40.2 Å². The van der Waals surface area contributed by atoms with Gasteiger partial charge >= 0.3 is 5.97 Å². The summed E-state index contributed by atoms with van der Waals surface area (Å²) < 4.78 is 17.8. The molecular weight excluding hydrogens is 380 g/mol. The molecule has 0 aliphatic rings. The Kier molecular flexibility index (Phi) is 12.7. The minimum absolute atomic E-state index is 0.0957. The molecule has 5 heteroatoms. The fourth-order valence-electron chi connectivity index (χ4n) is 2.77. The van der Waals surface area contributed by atoms with E-state index in [1.54, 1.807) is 13.2 Å². The number of hydrogen-bond acceptors (Lipinski definition) is 4. The molecule has 0 rings (SSSR count). The van der Waals surface area contributed by atoms with Crippen LogP contribution in [0.15, 0.2) is 37.0 Å². The van der Waals surface area contributed by atoms with Crippen molar-refractivity contribution in [3.63, 3.8) is 0 Å². The second-order valence-corrected chi connectivity index (χ2v) is 14.1. The molecule has 0 amide bonds. The standard InChI is InChI=1S/C24H44O4Si/c1-11-13-14-15-16-22(25)27-18-19(3)17-20(4)23(21(12-2)26-8)28-29(9,10)24(5,6)7/h11-12,17,20-21,23H,1-2,13-16,18H2,3-10H3/b19-17-/t20-,21+,23+/m1/s1. The maximum atomic E-state index is 11.9. The first-order chi connectivity index (χ1) is 13.4. The van der Waals surface area contributed by atoms with E-state index in [4.69, 9.17) is 13.9 Å². The van der Waals surface area contributed by atoms with Crippen LogP contribution < -0.4 is 0 Å². The third kappa shape index (κ3) is 10.4. The van der Waals surface area contributed by atoms with Gasteiger partial charge < -0.3 is 13.9 Å². The van der Waals surface area contributed by atoms with Crippen LogP contribution in [0.5, 0.6) is 0 Å². The van der Waals surface area contributed by atoms with E-state index in [-0.39, 0.29) is 29.1 Å². The largest absolute Gasteiger partial charge is 0.461 e. The van der Waals surface area contributed by atoms with E-state index in [0.717, 1.165) is 24.8 Å². The molecule has 0 bridgehead atoms. The zero-order valence-corrected chi connectivity index (χ0v) is 21.0. The Morgan fingerprint density at radius 1 is 1.17 bits per heavy atom. The Hall–Kier alpha value is -1.17. The van der Waals surface area contributed by atoms with Gasteiger partial charge in [0, 0.05) is 19.4 Å². The van der Waals surface area contributed by atoms with E-state index in [1.807, 2.05) is 13.0 Å². The number of hydrogen-bond donors (Lipinski definition) is 0. The van der Waals surface area contributed by atoms with E-state index in [0.29, 0.717) is 13.0 Å². The summed E-state index contributed by atoms with van der Waals surface area (Å²) in [6, 6.07) is 0. The molecule has 0 saturated heterocycles. The van der Waals surface area contributed by atoms with E-state index in [1.165, 1.54) is 0 Å². The molecule has 3 atom stereocenters. The van der Waals surface area contributed by atoms with Crippen LogP contribution in [0, 0.1) is 5.92 Å². The first-order valence-electron chi connectivity index (χ1n) is 10.7. The number of unbranched alkanes of at least 4 members (excludes halogenated alkanes) is 2. The summed E-state index contributed by atoms with van der Waals surface area (Å²) in [4.78, 5) is 11.9. The molecule has 0 aliphatic heterocycles. The highest BCUT2D eigenvalue weighted by Crippen LogP contribution is 2.39. The van der Waals surface area contributed by atoms with Gasteiger partial charge in [-0.1, -0.05) is 45.9 Å². The van der Waals surface area contributed by atoms with Crippen LogP contribution in [0.3, 0.4) is 0 Å². The Bertz CT molecular complexity index is 546. The van der Waals surface area contributed by atoms with Crippen LogP contribution in [0.1, 0.15) is 60.3 Å².